The summed E-state index contributed by atoms with van der Waals surface area (Å²) in [7, 11) is 1.51. The molecule has 0 radical (unpaired) electrons. The molecule has 0 aliphatic carbocycles. The van der Waals surface area contributed by atoms with Crippen LogP contribution >= 0.6 is 27.5 Å². The van der Waals surface area contributed by atoms with E-state index in [-0.39, 0.29) is 5.91 Å². The lowest BCUT2D eigenvalue weighted by molar-refractivity contribution is 0.102. The normalized spacial score (nSPS) is 10.1. The Morgan fingerprint density at radius 3 is 2.84 bits per heavy atom. The number of amides is 1. The van der Waals surface area contributed by atoms with E-state index in [1.165, 1.54) is 13.3 Å². The van der Waals surface area contributed by atoms with E-state index in [2.05, 4.69) is 26.2 Å². The minimum atomic E-state index is -0.306. The Morgan fingerprint density at radius 1 is 1.37 bits per heavy atom. The Bertz CT molecular complexity index is 619. The van der Waals surface area contributed by atoms with Gasteiger partial charge in [0.25, 0.3) is 5.91 Å². The molecule has 2 rings (SSSR count). The number of carbonyl (C=O) groups excluding carboxylic acids is 1. The van der Waals surface area contributed by atoms with Gasteiger partial charge in [0.2, 0.25) is 0 Å². The first-order valence-electron chi connectivity index (χ1n) is 5.36. The van der Waals surface area contributed by atoms with Crippen molar-refractivity contribution in [2.45, 2.75) is 0 Å². The first-order chi connectivity index (χ1) is 9.10. The summed E-state index contributed by atoms with van der Waals surface area (Å²) in [5.41, 5.74) is 0.424. The van der Waals surface area contributed by atoms with E-state index in [1.807, 2.05) is 0 Å². The molecule has 1 amide bonds. The summed E-state index contributed by atoms with van der Waals surface area (Å²) >= 11 is 9.15. The van der Waals surface area contributed by atoms with Gasteiger partial charge in [-0.3, -0.25) is 4.79 Å². The molecule has 0 aliphatic heterocycles. The number of anilines is 1. The second-order valence-electron chi connectivity index (χ2n) is 3.66. The quantitative estimate of drug-likeness (QED) is 0.925. The van der Waals surface area contributed by atoms with Crippen LogP contribution in [0, 0.1) is 0 Å². The fourth-order valence-corrected chi connectivity index (χ4v) is 2.01. The van der Waals surface area contributed by atoms with Gasteiger partial charge in [0.15, 0.2) is 0 Å². The number of benzene rings is 1. The van der Waals surface area contributed by atoms with Crippen LogP contribution in [-0.2, 0) is 0 Å². The van der Waals surface area contributed by atoms with Crippen molar-refractivity contribution in [3.05, 3.63) is 51.6 Å². The average Bonchev–Trinajstić information content (AvgIpc) is 2.38. The highest BCUT2D eigenvalue weighted by Crippen LogP contribution is 2.24. The lowest BCUT2D eigenvalue weighted by Crippen LogP contribution is -2.14. The third-order valence-electron chi connectivity index (χ3n) is 2.37. The highest BCUT2D eigenvalue weighted by Gasteiger charge is 2.13. The second-order valence-corrected chi connectivity index (χ2v) is 5.01. The fraction of sp³-hybridized carbons (Fsp3) is 0.0769. The summed E-state index contributed by atoms with van der Waals surface area (Å²) < 4.78 is 6.01. The summed E-state index contributed by atoms with van der Waals surface area (Å²) in [6.45, 7) is 0. The van der Waals surface area contributed by atoms with Crippen molar-refractivity contribution >= 4 is 39.3 Å². The molecule has 19 heavy (non-hydrogen) atoms. The first kappa shape index (κ1) is 13.8. The van der Waals surface area contributed by atoms with E-state index in [1.54, 1.807) is 30.3 Å². The average molecular weight is 342 g/mol. The standard InChI is InChI=1S/C13H10BrClN2O2/c1-19-11-6-8(14)2-3-10(11)13(18)17-12-7-9(15)4-5-16-12/h2-7H,1H3,(H,16,17,18). The van der Waals surface area contributed by atoms with Gasteiger partial charge in [-0.15, -0.1) is 0 Å². The molecule has 0 spiro atoms. The number of nitrogens with one attached hydrogen (secondary N) is 1. The maximum absolute atomic E-state index is 12.1. The molecule has 0 saturated heterocycles. The van der Waals surface area contributed by atoms with Crippen molar-refractivity contribution in [1.29, 1.82) is 0 Å². The third-order valence-corrected chi connectivity index (χ3v) is 3.10. The number of rotatable bonds is 3. The molecule has 1 aromatic carbocycles. The summed E-state index contributed by atoms with van der Waals surface area (Å²) in [6.07, 6.45) is 1.52. The first-order valence-corrected chi connectivity index (χ1v) is 6.53. The molecule has 6 heteroatoms. The van der Waals surface area contributed by atoms with Gasteiger partial charge in [-0.25, -0.2) is 4.98 Å². The molecule has 0 atom stereocenters. The molecule has 0 fully saturated rings. The van der Waals surface area contributed by atoms with Crippen molar-refractivity contribution in [3.8, 4) is 5.75 Å². The number of halogens is 2. The number of hydrogen-bond acceptors (Lipinski definition) is 3. The van der Waals surface area contributed by atoms with Crippen molar-refractivity contribution in [1.82, 2.24) is 4.98 Å². The summed E-state index contributed by atoms with van der Waals surface area (Å²) in [6, 6.07) is 8.37. The molecular formula is C13H10BrClN2O2. The monoisotopic (exact) mass is 340 g/mol. The number of ether oxygens (including phenoxy) is 1. The fourth-order valence-electron chi connectivity index (χ4n) is 1.51. The van der Waals surface area contributed by atoms with Crippen LogP contribution in [0.5, 0.6) is 5.75 Å². The maximum atomic E-state index is 12.1. The SMILES string of the molecule is COc1cc(Br)ccc1C(=O)Nc1cc(Cl)ccn1. The van der Waals surface area contributed by atoms with Crippen LogP contribution in [0.3, 0.4) is 0 Å². The predicted molar refractivity (Wildman–Crippen MR) is 77.9 cm³/mol. The molecular weight excluding hydrogens is 332 g/mol. The van der Waals surface area contributed by atoms with Gasteiger partial charge < -0.3 is 10.1 Å². The molecule has 0 saturated carbocycles. The lowest BCUT2D eigenvalue weighted by Gasteiger charge is -2.09. The summed E-state index contributed by atoms with van der Waals surface area (Å²) in [5.74, 6) is 0.565. The third kappa shape index (κ3) is 3.45. The van der Waals surface area contributed by atoms with Gasteiger partial charge in [0.05, 0.1) is 12.7 Å². The lowest BCUT2D eigenvalue weighted by atomic mass is 10.2. The van der Waals surface area contributed by atoms with Crippen LogP contribution in [0.25, 0.3) is 0 Å². The zero-order chi connectivity index (χ0) is 13.8. The molecule has 2 aromatic rings. The minimum Gasteiger partial charge on any atom is -0.496 e. The van der Waals surface area contributed by atoms with Crippen LogP contribution < -0.4 is 10.1 Å². The van der Waals surface area contributed by atoms with Gasteiger partial charge in [0.1, 0.15) is 11.6 Å². The molecule has 1 heterocycles. The number of pyridine rings is 1. The van der Waals surface area contributed by atoms with Gasteiger partial charge in [0, 0.05) is 15.7 Å². The predicted octanol–water partition coefficient (Wildman–Crippen LogP) is 3.76. The molecule has 98 valence electrons. The zero-order valence-corrected chi connectivity index (χ0v) is 12.3. The van der Waals surface area contributed by atoms with E-state index < -0.39 is 0 Å². The number of aromatic nitrogens is 1. The zero-order valence-electron chi connectivity index (χ0n) is 9.98. The van der Waals surface area contributed by atoms with Crippen LogP contribution in [0.15, 0.2) is 41.0 Å². The van der Waals surface area contributed by atoms with Crippen LogP contribution in [0.2, 0.25) is 5.02 Å². The maximum Gasteiger partial charge on any atom is 0.260 e. The molecule has 0 aliphatic rings. The summed E-state index contributed by atoms with van der Waals surface area (Å²) in [5, 5.41) is 3.17. The number of methoxy groups -OCH3 is 1. The van der Waals surface area contributed by atoms with E-state index in [9.17, 15) is 4.79 Å². The van der Waals surface area contributed by atoms with E-state index in [0.717, 1.165) is 4.47 Å². The van der Waals surface area contributed by atoms with Crippen LogP contribution in [0.1, 0.15) is 10.4 Å². The Kier molecular flexibility index (Phi) is 4.39. The number of hydrogen-bond donors (Lipinski definition) is 1. The minimum absolute atomic E-state index is 0.306. The number of carbonyl (C=O) groups is 1. The topological polar surface area (TPSA) is 51.2 Å². The summed E-state index contributed by atoms with van der Waals surface area (Å²) in [4.78, 5) is 16.1. The largest absolute Gasteiger partial charge is 0.496 e. The Hall–Kier alpha value is -1.59. The molecule has 1 N–H and O–H groups in total. The van der Waals surface area contributed by atoms with Gasteiger partial charge in [-0.1, -0.05) is 27.5 Å². The van der Waals surface area contributed by atoms with E-state index in [0.29, 0.717) is 22.2 Å². The van der Waals surface area contributed by atoms with Gasteiger partial charge >= 0.3 is 0 Å². The molecule has 1 aromatic heterocycles. The molecule has 0 bridgehead atoms. The highest BCUT2D eigenvalue weighted by molar-refractivity contribution is 9.10. The molecule has 0 unspecified atom stereocenters. The Labute approximate surface area is 123 Å². The second kappa shape index (κ2) is 6.04. The van der Waals surface area contributed by atoms with E-state index >= 15 is 0 Å². The van der Waals surface area contributed by atoms with Crippen LogP contribution in [-0.4, -0.2) is 18.0 Å². The van der Waals surface area contributed by atoms with Crippen molar-refractivity contribution in [3.63, 3.8) is 0 Å². The van der Waals surface area contributed by atoms with Crippen molar-refractivity contribution < 1.29 is 9.53 Å². The van der Waals surface area contributed by atoms with Crippen LogP contribution in [0.4, 0.5) is 5.82 Å². The van der Waals surface area contributed by atoms with Gasteiger partial charge in [-0.2, -0.15) is 0 Å². The highest BCUT2D eigenvalue weighted by atomic mass is 79.9. The number of nitrogens with zero attached hydrogens (tertiary/aromatic N) is 1. The van der Waals surface area contributed by atoms with Gasteiger partial charge in [-0.05, 0) is 30.3 Å². The smallest absolute Gasteiger partial charge is 0.260 e. The molecule has 4 nitrogen and oxygen atoms in total. The Balaban J connectivity index is 2.25. The van der Waals surface area contributed by atoms with Crippen molar-refractivity contribution in [2.24, 2.45) is 0 Å². The Morgan fingerprint density at radius 2 is 2.16 bits per heavy atom. The van der Waals surface area contributed by atoms with Crippen molar-refractivity contribution in [2.75, 3.05) is 12.4 Å². The van der Waals surface area contributed by atoms with E-state index in [4.69, 9.17) is 16.3 Å².